The average Bonchev–Trinajstić information content (AvgIpc) is 3.48. The first kappa shape index (κ1) is 23.0. The van der Waals surface area contributed by atoms with E-state index in [1.165, 1.54) is 42.8 Å². The monoisotopic (exact) mass is 470 g/mol. The van der Waals surface area contributed by atoms with E-state index in [2.05, 4.69) is 37.3 Å². The minimum Gasteiger partial charge on any atom is -0.355 e. The molecule has 3 aromatic heterocycles. The third kappa shape index (κ3) is 4.62. The van der Waals surface area contributed by atoms with Crippen LogP contribution in [0.25, 0.3) is 0 Å². The third-order valence-corrected chi connectivity index (χ3v) is 8.21. The topological polar surface area (TPSA) is 80.6 Å². The summed E-state index contributed by atoms with van der Waals surface area (Å²) in [5.74, 6) is 0.944. The van der Waals surface area contributed by atoms with Crippen molar-refractivity contribution in [3.63, 3.8) is 0 Å². The molecule has 6 nitrogen and oxygen atoms in total. The van der Waals surface area contributed by atoms with Gasteiger partial charge in [-0.2, -0.15) is 0 Å². The van der Waals surface area contributed by atoms with Crippen LogP contribution >= 0.6 is 23.1 Å². The van der Waals surface area contributed by atoms with Gasteiger partial charge in [0.15, 0.2) is 16.7 Å². The van der Waals surface area contributed by atoms with E-state index in [4.69, 9.17) is 0 Å². The van der Waals surface area contributed by atoms with Crippen molar-refractivity contribution >= 4 is 34.7 Å². The van der Waals surface area contributed by atoms with Gasteiger partial charge in [-0.1, -0.05) is 37.1 Å². The molecule has 3 heterocycles. The Balaban J connectivity index is 1.60. The Hall–Kier alpha value is -2.19. The van der Waals surface area contributed by atoms with Crippen LogP contribution in [0.1, 0.15) is 94.8 Å². The number of hydrogen-bond acceptors (Lipinski definition) is 6. The van der Waals surface area contributed by atoms with Gasteiger partial charge in [-0.25, -0.2) is 0 Å². The van der Waals surface area contributed by atoms with Gasteiger partial charge in [-0.05, 0) is 57.5 Å². The molecule has 1 atom stereocenters. The highest BCUT2D eigenvalue weighted by atomic mass is 32.2. The van der Waals surface area contributed by atoms with Gasteiger partial charge >= 0.3 is 0 Å². The molecule has 0 saturated heterocycles. The molecule has 8 heteroatoms. The molecule has 0 spiro atoms. The Labute approximate surface area is 197 Å². The molecule has 0 bridgehead atoms. The zero-order valence-electron chi connectivity index (χ0n) is 19.1. The summed E-state index contributed by atoms with van der Waals surface area (Å²) in [4.78, 5) is 29.7. The van der Waals surface area contributed by atoms with Crippen molar-refractivity contribution in [1.82, 2.24) is 19.7 Å². The lowest BCUT2D eigenvalue weighted by atomic mass is 9.95. The van der Waals surface area contributed by atoms with E-state index in [9.17, 15) is 9.59 Å². The van der Waals surface area contributed by atoms with E-state index in [1.807, 2.05) is 20.8 Å². The maximum absolute atomic E-state index is 13.3. The van der Waals surface area contributed by atoms with E-state index in [1.54, 1.807) is 11.3 Å². The number of aromatic amines is 1. The number of thiophene rings is 1. The molecule has 3 aromatic rings. The number of rotatable bonds is 8. The number of nitrogens with zero attached hydrogens (tertiary/aromatic N) is 3. The fourth-order valence-corrected chi connectivity index (χ4v) is 6.42. The molecule has 1 saturated carbocycles. The van der Waals surface area contributed by atoms with Crippen LogP contribution in [-0.4, -0.2) is 36.6 Å². The number of Topliss-reactive ketones (excluding diaryl/α,β-unsaturated/α-hetero) is 2. The molecule has 1 aliphatic rings. The molecule has 32 heavy (non-hydrogen) atoms. The largest absolute Gasteiger partial charge is 0.355 e. The van der Waals surface area contributed by atoms with Gasteiger partial charge in [-0.3, -0.25) is 9.59 Å². The number of thioether (sulfide) groups is 1. The van der Waals surface area contributed by atoms with E-state index >= 15 is 0 Å². The average molecular weight is 471 g/mol. The summed E-state index contributed by atoms with van der Waals surface area (Å²) < 4.78 is 2.29. The van der Waals surface area contributed by atoms with Crippen molar-refractivity contribution in [2.75, 3.05) is 0 Å². The van der Waals surface area contributed by atoms with Crippen molar-refractivity contribution < 1.29 is 9.59 Å². The van der Waals surface area contributed by atoms with Crippen LogP contribution in [0.3, 0.4) is 0 Å². The van der Waals surface area contributed by atoms with E-state index in [0.29, 0.717) is 17.3 Å². The highest BCUT2D eigenvalue weighted by Crippen LogP contribution is 2.35. The predicted molar refractivity (Wildman–Crippen MR) is 129 cm³/mol. The molecule has 1 N–H and O–H groups in total. The van der Waals surface area contributed by atoms with E-state index < -0.39 is 0 Å². The molecule has 0 aromatic carbocycles. The normalized spacial score (nSPS) is 15.8. The van der Waals surface area contributed by atoms with Crippen LogP contribution in [0.15, 0.2) is 22.7 Å². The SMILES string of the molecule is CC(=O)c1c(C)[nH]c(C(=O)[C@H](C)Sc2nnc(Cc3cccs3)n2C2CCCCC2)c1C. The summed E-state index contributed by atoms with van der Waals surface area (Å²) in [5.41, 5.74) is 2.63. The summed E-state index contributed by atoms with van der Waals surface area (Å²) >= 11 is 3.20. The lowest BCUT2D eigenvalue weighted by Gasteiger charge is -2.26. The number of ketones is 2. The smallest absolute Gasteiger partial charge is 0.192 e. The number of H-pyrrole nitrogens is 1. The zero-order chi connectivity index (χ0) is 22.8. The highest BCUT2D eigenvalue weighted by molar-refractivity contribution is 8.00. The lowest BCUT2D eigenvalue weighted by molar-refractivity contribution is 0.0988. The highest BCUT2D eigenvalue weighted by Gasteiger charge is 2.28. The first-order valence-corrected chi connectivity index (χ1v) is 13.0. The maximum atomic E-state index is 13.3. The van der Waals surface area contributed by atoms with Gasteiger partial charge in [0.2, 0.25) is 0 Å². The van der Waals surface area contributed by atoms with Gasteiger partial charge in [0.25, 0.3) is 0 Å². The molecular formula is C24H30N4O2S2. The van der Waals surface area contributed by atoms with E-state index in [0.717, 1.165) is 41.5 Å². The minimum absolute atomic E-state index is 0.0129. The summed E-state index contributed by atoms with van der Waals surface area (Å²) in [7, 11) is 0. The second kappa shape index (κ2) is 9.75. The standard InChI is InChI=1S/C24H30N4O2S2/c1-14-21(16(3)29)15(2)25-22(14)23(30)17(4)32-24-27-26-20(13-19-11-8-12-31-19)28(24)18-9-6-5-7-10-18/h8,11-12,17-18,25H,5-7,9-10,13H2,1-4H3/t17-/m0/s1. The number of hydrogen-bond donors (Lipinski definition) is 1. The predicted octanol–water partition coefficient (Wildman–Crippen LogP) is 5.95. The van der Waals surface area contributed by atoms with Gasteiger partial charge in [0.1, 0.15) is 5.82 Å². The molecule has 1 aliphatic carbocycles. The van der Waals surface area contributed by atoms with Crippen LogP contribution < -0.4 is 0 Å². The van der Waals surface area contributed by atoms with Crippen molar-refractivity contribution in [1.29, 1.82) is 0 Å². The molecule has 0 amide bonds. The quantitative estimate of drug-likeness (QED) is 0.325. The number of carbonyl (C=O) groups is 2. The number of aryl methyl sites for hydroxylation is 1. The molecule has 1 fully saturated rings. The summed E-state index contributed by atoms with van der Waals surface area (Å²) in [5, 5.41) is 11.6. The lowest BCUT2D eigenvalue weighted by Crippen LogP contribution is -2.20. The molecule has 0 radical (unpaired) electrons. The second-order valence-electron chi connectivity index (χ2n) is 8.62. The Morgan fingerprint density at radius 1 is 1.25 bits per heavy atom. The van der Waals surface area contributed by atoms with E-state index in [-0.39, 0.29) is 16.8 Å². The van der Waals surface area contributed by atoms with Gasteiger partial charge in [0, 0.05) is 28.6 Å². The molecule has 0 unspecified atom stereocenters. The third-order valence-electron chi connectivity index (χ3n) is 6.27. The van der Waals surface area contributed by atoms with Crippen molar-refractivity contribution in [3.8, 4) is 0 Å². The fraction of sp³-hybridized carbons (Fsp3) is 0.500. The van der Waals surface area contributed by atoms with Gasteiger partial charge in [-0.15, -0.1) is 21.5 Å². The number of carbonyl (C=O) groups excluding carboxylic acids is 2. The van der Waals surface area contributed by atoms with Gasteiger partial charge in [0.05, 0.1) is 10.9 Å². The summed E-state index contributed by atoms with van der Waals surface area (Å²) in [6, 6.07) is 4.58. The van der Waals surface area contributed by atoms with Crippen molar-refractivity contribution in [2.45, 2.75) is 82.7 Å². The van der Waals surface area contributed by atoms with Crippen LogP contribution in [0.2, 0.25) is 0 Å². The Bertz CT molecular complexity index is 1110. The molecule has 4 rings (SSSR count). The molecule has 0 aliphatic heterocycles. The summed E-state index contributed by atoms with van der Waals surface area (Å²) in [6.07, 6.45) is 6.73. The Kier molecular flexibility index (Phi) is 7.00. The first-order valence-electron chi connectivity index (χ1n) is 11.2. The number of nitrogens with one attached hydrogen (secondary N) is 1. The van der Waals surface area contributed by atoms with Crippen LogP contribution in [0.4, 0.5) is 0 Å². The van der Waals surface area contributed by atoms with Gasteiger partial charge < -0.3 is 9.55 Å². The van der Waals surface area contributed by atoms with Crippen molar-refractivity contribution in [2.24, 2.45) is 0 Å². The maximum Gasteiger partial charge on any atom is 0.192 e. The molecule has 170 valence electrons. The van der Waals surface area contributed by atoms with Crippen molar-refractivity contribution in [3.05, 3.63) is 50.7 Å². The minimum atomic E-state index is -0.340. The molecular weight excluding hydrogens is 440 g/mol. The Morgan fingerprint density at radius 3 is 2.62 bits per heavy atom. The fourth-order valence-electron chi connectivity index (χ4n) is 4.72. The Morgan fingerprint density at radius 2 is 2.00 bits per heavy atom. The van der Waals surface area contributed by atoms with Crippen LogP contribution in [-0.2, 0) is 6.42 Å². The zero-order valence-corrected chi connectivity index (χ0v) is 20.7. The number of aromatic nitrogens is 4. The van der Waals surface area contributed by atoms with Crippen LogP contribution in [0.5, 0.6) is 0 Å². The first-order chi connectivity index (χ1) is 15.4. The van der Waals surface area contributed by atoms with Crippen LogP contribution in [0, 0.1) is 13.8 Å². The second-order valence-corrected chi connectivity index (χ2v) is 11.0. The summed E-state index contributed by atoms with van der Waals surface area (Å²) in [6.45, 7) is 7.13.